The molecule has 0 atom stereocenters. The van der Waals surface area contributed by atoms with Gasteiger partial charge in [0.05, 0.1) is 21.7 Å². The summed E-state index contributed by atoms with van der Waals surface area (Å²) in [5.74, 6) is 2.33. The molecule has 1 saturated carbocycles. The highest BCUT2D eigenvalue weighted by Crippen LogP contribution is 2.56. The van der Waals surface area contributed by atoms with Crippen LogP contribution in [-0.4, -0.2) is 34.3 Å². The van der Waals surface area contributed by atoms with E-state index >= 15 is 0 Å². The lowest BCUT2D eigenvalue weighted by Crippen LogP contribution is -2.42. The molecule has 7 rings (SSSR count). The smallest absolute Gasteiger partial charge is 0.147 e. The van der Waals surface area contributed by atoms with Crippen molar-refractivity contribution in [2.75, 3.05) is 18.0 Å². The first-order chi connectivity index (χ1) is 19.3. The van der Waals surface area contributed by atoms with E-state index in [1.54, 1.807) is 12.4 Å². The van der Waals surface area contributed by atoms with E-state index in [9.17, 15) is 0 Å². The average Bonchev–Trinajstić information content (AvgIpc) is 3.66. The molecule has 8 heteroatoms. The van der Waals surface area contributed by atoms with Crippen molar-refractivity contribution < 1.29 is 9.26 Å². The molecule has 2 fully saturated rings. The Morgan fingerprint density at radius 2 is 1.77 bits per heavy atom. The number of benzene rings is 1. The van der Waals surface area contributed by atoms with Gasteiger partial charge in [0, 0.05) is 65.4 Å². The number of halogens is 2. The number of allylic oxidation sites excluding steroid dienone is 2. The lowest BCUT2D eigenvalue weighted by Gasteiger charge is -2.47. The van der Waals surface area contributed by atoms with Crippen LogP contribution < -0.4 is 9.64 Å². The zero-order chi connectivity index (χ0) is 27.6. The van der Waals surface area contributed by atoms with E-state index in [0.29, 0.717) is 21.5 Å². The van der Waals surface area contributed by atoms with Crippen LogP contribution in [0.5, 0.6) is 5.75 Å². The summed E-state index contributed by atoms with van der Waals surface area (Å²) in [5.41, 5.74) is 7.24. The van der Waals surface area contributed by atoms with Crippen molar-refractivity contribution in [1.29, 1.82) is 0 Å². The summed E-state index contributed by atoms with van der Waals surface area (Å²) in [6, 6.07) is 8.60. The van der Waals surface area contributed by atoms with Gasteiger partial charge in [-0.25, -0.2) is 0 Å². The third kappa shape index (κ3) is 4.55. The zero-order valence-electron chi connectivity index (χ0n) is 23.0. The normalized spacial score (nSPS) is 18.4. The highest BCUT2D eigenvalue weighted by Gasteiger charge is 2.44. The minimum absolute atomic E-state index is 0.111. The number of aromatic nitrogens is 3. The molecule has 0 amide bonds. The number of rotatable bonds is 6. The minimum atomic E-state index is 0.111. The maximum atomic E-state index is 6.54. The van der Waals surface area contributed by atoms with Crippen molar-refractivity contribution in [3.8, 4) is 17.0 Å². The fourth-order valence-electron chi connectivity index (χ4n) is 6.31. The second-order valence-corrected chi connectivity index (χ2v) is 12.7. The van der Waals surface area contributed by atoms with Crippen molar-refractivity contribution in [3.05, 3.63) is 69.8 Å². The summed E-state index contributed by atoms with van der Waals surface area (Å²) in [5, 5.41) is 6.54. The predicted molar refractivity (Wildman–Crippen MR) is 160 cm³/mol. The van der Waals surface area contributed by atoms with Crippen LogP contribution in [-0.2, 0) is 0 Å². The van der Waals surface area contributed by atoms with E-state index in [0.717, 1.165) is 84.6 Å². The zero-order valence-corrected chi connectivity index (χ0v) is 24.5. The van der Waals surface area contributed by atoms with E-state index in [1.807, 2.05) is 13.0 Å². The maximum absolute atomic E-state index is 6.54. The van der Waals surface area contributed by atoms with Gasteiger partial charge in [0.1, 0.15) is 17.2 Å². The standard InChI is InChI=1S/C32H32Cl2N4O2/c1-18(2)39-27-12-19(3)36-26-7-6-22(13-23(26)27)38-10-8-32(9-11-38)14-21(15-32)28-30(37-40-31(28)20-4-5-20)29-24(33)16-35-17-25(29)34/h6-7,12-14,16-18,20H,4-5,8-11,15H2,1-3H3. The van der Waals surface area contributed by atoms with Gasteiger partial charge in [-0.1, -0.05) is 34.4 Å². The Balaban J connectivity index is 1.14. The summed E-state index contributed by atoms with van der Waals surface area (Å²) >= 11 is 13.1. The predicted octanol–water partition coefficient (Wildman–Crippen LogP) is 8.64. The number of ether oxygens (including phenoxy) is 1. The molecule has 1 saturated heterocycles. The quantitative estimate of drug-likeness (QED) is 0.229. The van der Waals surface area contributed by atoms with Crippen LogP contribution in [0.1, 0.15) is 68.9 Å². The first kappa shape index (κ1) is 25.8. The van der Waals surface area contributed by atoms with Crippen molar-refractivity contribution in [2.45, 2.75) is 64.9 Å². The number of anilines is 1. The Bertz CT molecular complexity index is 1630. The van der Waals surface area contributed by atoms with Gasteiger partial charge in [-0.2, -0.15) is 0 Å². The van der Waals surface area contributed by atoms with E-state index in [1.165, 1.54) is 11.3 Å². The van der Waals surface area contributed by atoms with E-state index in [-0.39, 0.29) is 11.5 Å². The van der Waals surface area contributed by atoms with E-state index in [2.05, 4.69) is 53.2 Å². The Morgan fingerprint density at radius 3 is 2.45 bits per heavy atom. The van der Waals surface area contributed by atoms with Gasteiger partial charge in [-0.3, -0.25) is 9.97 Å². The molecule has 1 aliphatic heterocycles. The van der Waals surface area contributed by atoms with Crippen LogP contribution in [0.2, 0.25) is 10.0 Å². The first-order valence-corrected chi connectivity index (χ1v) is 14.9. The van der Waals surface area contributed by atoms with Crippen LogP contribution in [0.15, 0.2) is 47.3 Å². The van der Waals surface area contributed by atoms with E-state index < -0.39 is 0 Å². The molecule has 0 N–H and O–H groups in total. The van der Waals surface area contributed by atoms with Gasteiger partial charge < -0.3 is 14.2 Å². The number of hydrogen-bond acceptors (Lipinski definition) is 6. The van der Waals surface area contributed by atoms with Crippen LogP contribution in [0.25, 0.3) is 27.7 Å². The van der Waals surface area contributed by atoms with Gasteiger partial charge in [0.25, 0.3) is 0 Å². The Hall–Kier alpha value is -3.09. The van der Waals surface area contributed by atoms with Gasteiger partial charge in [-0.15, -0.1) is 0 Å². The number of nitrogens with zero attached hydrogens (tertiary/aromatic N) is 4. The molecule has 3 aliphatic rings. The fourth-order valence-corrected chi connectivity index (χ4v) is 6.86. The molecule has 206 valence electrons. The lowest BCUT2D eigenvalue weighted by atomic mass is 9.63. The topological polar surface area (TPSA) is 64.3 Å². The number of piperidine rings is 1. The third-order valence-electron chi connectivity index (χ3n) is 8.47. The minimum Gasteiger partial charge on any atom is -0.490 e. The summed E-state index contributed by atoms with van der Waals surface area (Å²) in [4.78, 5) is 11.3. The van der Waals surface area contributed by atoms with Gasteiger partial charge in [0.2, 0.25) is 0 Å². The SMILES string of the molecule is Cc1cc(OC(C)C)c2cc(N3CCC4(C=C(c5c(-c6c(Cl)cncc6Cl)noc5C5CC5)C4)CC3)ccc2n1. The fraction of sp³-hybridized carbons (Fsp3) is 0.406. The highest BCUT2D eigenvalue weighted by atomic mass is 35.5. The molecular weight excluding hydrogens is 543 g/mol. The van der Waals surface area contributed by atoms with Crippen LogP contribution in [0, 0.1) is 12.3 Å². The molecule has 0 unspecified atom stereocenters. The molecule has 4 heterocycles. The number of pyridine rings is 2. The van der Waals surface area contributed by atoms with Crippen LogP contribution in [0.3, 0.4) is 0 Å². The molecular formula is C32H32Cl2N4O2. The summed E-state index contributed by atoms with van der Waals surface area (Å²) in [7, 11) is 0. The van der Waals surface area contributed by atoms with Crippen molar-refractivity contribution in [3.63, 3.8) is 0 Å². The highest BCUT2D eigenvalue weighted by molar-refractivity contribution is 6.39. The Labute approximate surface area is 244 Å². The van der Waals surface area contributed by atoms with Gasteiger partial charge in [0.15, 0.2) is 0 Å². The molecule has 3 aromatic heterocycles. The van der Waals surface area contributed by atoms with E-state index in [4.69, 9.17) is 37.4 Å². The first-order valence-electron chi connectivity index (χ1n) is 14.1. The molecule has 0 bridgehead atoms. The number of fused-ring (bicyclic) bond motifs is 1. The monoisotopic (exact) mass is 574 g/mol. The van der Waals surface area contributed by atoms with Gasteiger partial charge in [-0.05, 0) is 82.1 Å². The van der Waals surface area contributed by atoms with Crippen molar-refractivity contribution in [1.82, 2.24) is 15.1 Å². The lowest BCUT2D eigenvalue weighted by molar-refractivity contribution is 0.245. The molecule has 1 aromatic carbocycles. The Morgan fingerprint density at radius 1 is 1.05 bits per heavy atom. The second kappa shape index (κ2) is 9.78. The van der Waals surface area contributed by atoms with Crippen LogP contribution in [0.4, 0.5) is 5.69 Å². The summed E-state index contributed by atoms with van der Waals surface area (Å²) < 4.78 is 12.1. The van der Waals surface area contributed by atoms with Crippen molar-refractivity contribution >= 4 is 45.4 Å². The number of aryl methyl sites for hydroxylation is 1. The third-order valence-corrected chi connectivity index (χ3v) is 9.04. The molecule has 6 nitrogen and oxygen atoms in total. The molecule has 0 radical (unpaired) electrons. The molecule has 4 aromatic rings. The number of hydrogen-bond donors (Lipinski definition) is 0. The molecule has 2 aliphatic carbocycles. The van der Waals surface area contributed by atoms with Crippen LogP contribution >= 0.6 is 23.2 Å². The maximum Gasteiger partial charge on any atom is 0.147 e. The van der Waals surface area contributed by atoms with Gasteiger partial charge >= 0.3 is 0 Å². The second-order valence-electron chi connectivity index (χ2n) is 11.8. The summed E-state index contributed by atoms with van der Waals surface area (Å²) in [6.07, 6.45) is 11.3. The summed E-state index contributed by atoms with van der Waals surface area (Å²) in [6.45, 7) is 8.14. The van der Waals surface area contributed by atoms with Crippen molar-refractivity contribution in [2.24, 2.45) is 5.41 Å². The molecule has 40 heavy (non-hydrogen) atoms. The molecule has 1 spiro atoms. The largest absolute Gasteiger partial charge is 0.490 e. The Kier molecular flexibility index (Phi) is 6.32. The average molecular weight is 576 g/mol.